The van der Waals surface area contributed by atoms with E-state index in [1.165, 1.54) is 12.1 Å². The molecule has 6 heteroatoms. The topological polar surface area (TPSA) is 30.5 Å². The Balaban J connectivity index is 2.67. The maximum absolute atomic E-state index is 13.9. The molecule has 0 fully saturated rings. The van der Waals surface area contributed by atoms with Gasteiger partial charge in [-0.15, -0.1) is 0 Å². The van der Waals surface area contributed by atoms with E-state index in [4.69, 9.17) is 9.47 Å². The van der Waals surface area contributed by atoms with E-state index in [2.05, 4.69) is 21.2 Å². The van der Waals surface area contributed by atoms with Gasteiger partial charge in [0.25, 0.3) is 0 Å². The van der Waals surface area contributed by atoms with Gasteiger partial charge in [-0.3, -0.25) is 0 Å². The van der Waals surface area contributed by atoms with Crippen molar-refractivity contribution in [3.05, 3.63) is 33.8 Å². The molecule has 1 N–H and O–H groups in total. The first-order chi connectivity index (χ1) is 9.60. The molecule has 0 aliphatic rings. The number of rotatable bonds is 9. The fraction of sp³-hybridized carbons (Fsp3) is 0.571. The molecule has 1 unspecified atom stereocenters. The first kappa shape index (κ1) is 17.5. The lowest BCUT2D eigenvalue weighted by Crippen LogP contribution is -2.36. The van der Waals surface area contributed by atoms with Gasteiger partial charge < -0.3 is 14.8 Å². The summed E-state index contributed by atoms with van der Waals surface area (Å²) in [5.74, 6) is -1.09. The van der Waals surface area contributed by atoms with E-state index >= 15 is 0 Å². The van der Waals surface area contributed by atoms with Crippen LogP contribution < -0.4 is 5.32 Å². The summed E-state index contributed by atoms with van der Waals surface area (Å²) in [5, 5.41) is 3.17. The predicted molar refractivity (Wildman–Crippen MR) is 77.9 cm³/mol. The first-order valence-corrected chi connectivity index (χ1v) is 7.31. The number of benzene rings is 1. The Morgan fingerprint density at radius 2 is 2.05 bits per heavy atom. The monoisotopic (exact) mass is 351 g/mol. The SMILES string of the molecule is CCNC(COCCOC)Cc1c(F)ccc(Br)c1F. The molecule has 1 aromatic carbocycles. The van der Waals surface area contributed by atoms with Crippen molar-refractivity contribution in [2.45, 2.75) is 19.4 Å². The maximum Gasteiger partial charge on any atom is 0.143 e. The van der Waals surface area contributed by atoms with Gasteiger partial charge in [0.1, 0.15) is 11.6 Å². The third-order valence-corrected chi connectivity index (χ3v) is 3.45. The van der Waals surface area contributed by atoms with Crippen LogP contribution in [0.15, 0.2) is 16.6 Å². The zero-order chi connectivity index (χ0) is 15.0. The molecule has 0 saturated carbocycles. The third-order valence-electron chi connectivity index (χ3n) is 2.83. The summed E-state index contributed by atoms with van der Waals surface area (Å²) in [6.45, 7) is 3.98. The van der Waals surface area contributed by atoms with E-state index in [9.17, 15) is 8.78 Å². The molecule has 0 bridgehead atoms. The van der Waals surface area contributed by atoms with Crippen LogP contribution in [0, 0.1) is 11.6 Å². The Kier molecular flexibility index (Phi) is 8.21. The van der Waals surface area contributed by atoms with Crippen LogP contribution >= 0.6 is 15.9 Å². The van der Waals surface area contributed by atoms with Crippen molar-refractivity contribution in [1.82, 2.24) is 5.32 Å². The third kappa shape index (κ3) is 5.44. The molecule has 3 nitrogen and oxygen atoms in total. The molecule has 1 aromatic rings. The molecule has 0 radical (unpaired) electrons. The largest absolute Gasteiger partial charge is 0.382 e. The smallest absolute Gasteiger partial charge is 0.143 e. The minimum absolute atomic E-state index is 0.0701. The Morgan fingerprint density at radius 3 is 2.70 bits per heavy atom. The summed E-state index contributed by atoms with van der Waals surface area (Å²) in [5.41, 5.74) is 0.0701. The highest BCUT2D eigenvalue weighted by molar-refractivity contribution is 9.10. The molecule has 20 heavy (non-hydrogen) atoms. The van der Waals surface area contributed by atoms with Crippen molar-refractivity contribution in [3.8, 4) is 0 Å². The second-order valence-corrected chi connectivity index (χ2v) is 5.20. The van der Waals surface area contributed by atoms with Gasteiger partial charge in [-0.2, -0.15) is 0 Å². The molecule has 0 aliphatic heterocycles. The zero-order valence-corrected chi connectivity index (χ0v) is 13.3. The van der Waals surface area contributed by atoms with Gasteiger partial charge in [0.2, 0.25) is 0 Å². The first-order valence-electron chi connectivity index (χ1n) is 6.52. The van der Waals surface area contributed by atoms with Crippen molar-refractivity contribution in [2.24, 2.45) is 0 Å². The van der Waals surface area contributed by atoms with Crippen molar-refractivity contribution < 1.29 is 18.3 Å². The van der Waals surface area contributed by atoms with Crippen LogP contribution in [0.25, 0.3) is 0 Å². The summed E-state index contributed by atoms with van der Waals surface area (Å²) in [6, 6.07) is 2.48. The number of hydrogen-bond acceptors (Lipinski definition) is 3. The number of nitrogens with one attached hydrogen (secondary N) is 1. The van der Waals surface area contributed by atoms with Gasteiger partial charge in [-0.1, -0.05) is 6.92 Å². The van der Waals surface area contributed by atoms with Crippen LogP contribution in [0.2, 0.25) is 0 Å². The van der Waals surface area contributed by atoms with Crippen LogP contribution in [-0.4, -0.2) is 39.5 Å². The number of halogens is 3. The van der Waals surface area contributed by atoms with Crippen LogP contribution in [0.3, 0.4) is 0 Å². The second kappa shape index (κ2) is 9.39. The van der Waals surface area contributed by atoms with Crippen molar-refractivity contribution in [3.63, 3.8) is 0 Å². The molecule has 0 aromatic heterocycles. The summed E-state index contributed by atoms with van der Waals surface area (Å²) in [4.78, 5) is 0. The van der Waals surface area contributed by atoms with Gasteiger partial charge in [-0.05, 0) is 41.0 Å². The average molecular weight is 352 g/mol. The van der Waals surface area contributed by atoms with Crippen molar-refractivity contribution in [2.75, 3.05) is 33.5 Å². The van der Waals surface area contributed by atoms with Crippen LogP contribution in [-0.2, 0) is 15.9 Å². The van der Waals surface area contributed by atoms with E-state index in [1.54, 1.807) is 7.11 Å². The van der Waals surface area contributed by atoms with Gasteiger partial charge in [0.05, 0.1) is 24.3 Å². The summed E-state index contributed by atoms with van der Waals surface area (Å²) in [7, 11) is 1.59. The summed E-state index contributed by atoms with van der Waals surface area (Å²) < 4.78 is 38.2. The van der Waals surface area contributed by atoms with E-state index < -0.39 is 11.6 Å². The Bertz CT molecular complexity index is 418. The lowest BCUT2D eigenvalue weighted by Gasteiger charge is -2.19. The van der Waals surface area contributed by atoms with Gasteiger partial charge >= 0.3 is 0 Å². The molecule has 0 aliphatic carbocycles. The van der Waals surface area contributed by atoms with Gasteiger partial charge in [-0.25, -0.2) is 8.78 Å². The average Bonchev–Trinajstić information content (AvgIpc) is 2.43. The fourth-order valence-electron chi connectivity index (χ4n) is 1.85. The van der Waals surface area contributed by atoms with Crippen LogP contribution in [0.1, 0.15) is 12.5 Å². The molecular formula is C14H20BrF2NO2. The standard InChI is InChI=1S/C14H20BrF2NO2/c1-3-18-10(9-20-7-6-19-2)8-11-13(16)5-4-12(15)14(11)17/h4-5,10,18H,3,6-9H2,1-2H3. The Labute approximate surface area is 126 Å². The normalized spacial score (nSPS) is 12.7. The molecule has 0 saturated heterocycles. The van der Waals surface area contributed by atoms with Crippen molar-refractivity contribution in [1.29, 1.82) is 0 Å². The van der Waals surface area contributed by atoms with Crippen molar-refractivity contribution >= 4 is 15.9 Å². The number of hydrogen-bond donors (Lipinski definition) is 1. The number of likely N-dealkylation sites (N-methyl/N-ethyl adjacent to an activating group) is 1. The van der Waals surface area contributed by atoms with Crippen LogP contribution in [0.4, 0.5) is 8.78 Å². The highest BCUT2D eigenvalue weighted by atomic mass is 79.9. The minimum atomic E-state index is -0.551. The van der Waals surface area contributed by atoms with E-state index in [1.807, 2.05) is 6.92 Å². The molecule has 1 rings (SSSR count). The lowest BCUT2D eigenvalue weighted by atomic mass is 10.1. The predicted octanol–water partition coefficient (Wildman–Crippen LogP) is 2.91. The summed E-state index contributed by atoms with van der Waals surface area (Å²) >= 11 is 3.07. The minimum Gasteiger partial charge on any atom is -0.382 e. The van der Waals surface area contributed by atoms with Gasteiger partial charge in [0.15, 0.2) is 0 Å². The lowest BCUT2D eigenvalue weighted by molar-refractivity contribution is 0.0587. The molecular weight excluding hydrogens is 332 g/mol. The highest BCUT2D eigenvalue weighted by Crippen LogP contribution is 2.22. The van der Waals surface area contributed by atoms with Crippen LogP contribution in [0.5, 0.6) is 0 Å². The fourth-order valence-corrected chi connectivity index (χ4v) is 2.22. The molecule has 1 atom stereocenters. The molecule has 114 valence electrons. The second-order valence-electron chi connectivity index (χ2n) is 4.35. The Morgan fingerprint density at radius 1 is 1.30 bits per heavy atom. The number of ether oxygens (including phenoxy) is 2. The molecule has 0 amide bonds. The van der Waals surface area contributed by atoms with E-state index in [0.717, 1.165) is 0 Å². The number of methoxy groups -OCH3 is 1. The molecule has 0 spiro atoms. The molecule has 0 heterocycles. The zero-order valence-electron chi connectivity index (χ0n) is 11.7. The van der Waals surface area contributed by atoms with Gasteiger partial charge in [0, 0.05) is 18.7 Å². The summed E-state index contributed by atoms with van der Waals surface area (Å²) in [6.07, 6.45) is 0.234. The Hall–Kier alpha value is -0.560. The quantitative estimate of drug-likeness (QED) is 0.548. The van der Waals surface area contributed by atoms with E-state index in [-0.39, 0.29) is 22.5 Å². The highest BCUT2D eigenvalue weighted by Gasteiger charge is 2.17. The van der Waals surface area contributed by atoms with E-state index in [0.29, 0.717) is 26.4 Å². The maximum atomic E-state index is 13.9.